The monoisotopic (exact) mass is 196 g/mol. The molecule has 0 aromatic carbocycles. The van der Waals surface area contributed by atoms with Crippen molar-refractivity contribution in [1.82, 2.24) is 0 Å². The zero-order chi connectivity index (χ0) is 4.50. The SMILES string of the molecule is O=S(=O)(O)O.[CaH2].[Fe]. The molecule has 0 amide bonds. The first-order chi connectivity index (χ1) is 2.00. The Hall–Kier alpha value is 1.65. The van der Waals surface area contributed by atoms with E-state index in [4.69, 9.17) is 17.5 Å². The molecule has 2 N–H and O–H groups in total. The van der Waals surface area contributed by atoms with Gasteiger partial charge in [0.15, 0.2) is 0 Å². The molecule has 0 bridgehead atoms. The maximum absolute atomic E-state index is 8.74. The van der Waals surface area contributed by atoms with Gasteiger partial charge >= 0.3 is 48.1 Å². The molecule has 0 aliphatic rings. The van der Waals surface area contributed by atoms with Crippen LogP contribution in [0.1, 0.15) is 0 Å². The number of hydrogen-bond acceptors (Lipinski definition) is 2. The topological polar surface area (TPSA) is 74.6 Å². The third-order valence-electron chi connectivity index (χ3n) is 0. The van der Waals surface area contributed by atoms with Crippen LogP contribution in [-0.4, -0.2) is 55.3 Å². The van der Waals surface area contributed by atoms with Crippen molar-refractivity contribution in [1.29, 1.82) is 0 Å². The van der Waals surface area contributed by atoms with Crippen LogP contribution in [0.3, 0.4) is 0 Å². The Morgan fingerprint density at radius 2 is 1.14 bits per heavy atom. The molecule has 0 saturated heterocycles. The van der Waals surface area contributed by atoms with Crippen LogP contribution in [0.4, 0.5) is 0 Å². The van der Waals surface area contributed by atoms with Gasteiger partial charge in [0.2, 0.25) is 0 Å². The fourth-order valence-electron chi connectivity index (χ4n) is 0. The van der Waals surface area contributed by atoms with E-state index in [0.29, 0.717) is 0 Å². The van der Waals surface area contributed by atoms with Crippen molar-refractivity contribution >= 4 is 48.1 Å². The summed E-state index contributed by atoms with van der Waals surface area (Å²) in [6.07, 6.45) is 0. The van der Waals surface area contributed by atoms with E-state index in [2.05, 4.69) is 0 Å². The molecule has 0 heterocycles. The first kappa shape index (κ1) is 15.9. The van der Waals surface area contributed by atoms with Crippen LogP contribution < -0.4 is 0 Å². The molecule has 0 aliphatic heterocycles. The molecule has 0 saturated carbocycles. The second kappa shape index (κ2) is 5.78. The Kier molecular flexibility index (Phi) is 13.1. The average Bonchev–Trinajstić information content (AvgIpc) is 0.722. The van der Waals surface area contributed by atoms with E-state index in [1.54, 1.807) is 0 Å². The van der Waals surface area contributed by atoms with Crippen LogP contribution in [0, 0.1) is 0 Å². The van der Waals surface area contributed by atoms with Gasteiger partial charge in [-0.25, -0.2) is 0 Å². The molecule has 0 aromatic rings. The van der Waals surface area contributed by atoms with E-state index in [1.807, 2.05) is 0 Å². The summed E-state index contributed by atoms with van der Waals surface area (Å²) < 4.78 is 31.6. The molecule has 0 unspecified atom stereocenters. The Labute approximate surface area is 81.7 Å². The minimum absolute atomic E-state index is 0. The van der Waals surface area contributed by atoms with Gasteiger partial charge in [-0.2, -0.15) is 8.42 Å². The van der Waals surface area contributed by atoms with Crippen molar-refractivity contribution in [2.75, 3.05) is 0 Å². The molecule has 0 atom stereocenters. The molecule has 0 aromatic heterocycles. The summed E-state index contributed by atoms with van der Waals surface area (Å²) in [7, 11) is -4.67. The van der Waals surface area contributed by atoms with Crippen LogP contribution in [0.15, 0.2) is 0 Å². The van der Waals surface area contributed by atoms with E-state index in [1.165, 1.54) is 0 Å². The van der Waals surface area contributed by atoms with Gasteiger partial charge in [0.1, 0.15) is 0 Å². The van der Waals surface area contributed by atoms with E-state index in [-0.39, 0.29) is 54.8 Å². The fourth-order valence-corrected chi connectivity index (χ4v) is 0. The summed E-state index contributed by atoms with van der Waals surface area (Å²) in [5, 5.41) is 0. The Balaban J connectivity index is -0.0000000800. The van der Waals surface area contributed by atoms with E-state index < -0.39 is 10.4 Å². The molecule has 0 aliphatic carbocycles. The van der Waals surface area contributed by atoms with Gasteiger partial charge < -0.3 is 0 Å². The normalized spacial score (nSPS) is 8.29. The molecule has 4 nitrogen and oxygen atoms in total. The van der Waals surface area contributed by atoms with Crippen LogP contribution in [0.5, 0.6) is 0 Å². The Bertz CT molecular complexity index is 94.9. The van der Waals surface area contributed by atoms with Crippen LogP contribution in [0.2, 0.25) is 0 Å². The van der Waals surface area contributed by atoms with E-state index in [0.717, 1.165) is 0 Å². The van der Waals surface area contributed by atoms with E-state index in [9.17, 15) is 0 Å². The zero-order valence-corrected chi connectivity index (χ0v) is 4.39. The van der Waals surface area contributed by atoms with Crippen molar-refractivity contribution in [2.45, 2.75) is 0 Å². The van der Waals surface area contributed by atoms with Crippen LogP contribution in [0.25, 0.3) is 0 Å². The predicted octanol–water partition coefficient (Wildman–Crippen LogP) is -1.57. The molecule has 0 fully saturated rings. The molecule has 44 valence electrons. The molecular weight excluding hydrogens is 192 g/mol. The number of hydrogen-bond donors (Lipinski definition) is 2. The van der Waals surface area contributed by atoms with Gasteiger partial charge in [0, 0.05) is 17.1 Å². The maximum atomic E-state index is 8.74. The minimum Gasteiger partial charge on any atom is 0 e. The average molecular weight is 196 g/mol. The van der Waals surface area contributed by atoms with Crippen LogP contribution in [-0.2, 0) is 27.5 Å². The minimum atomic E-state index is -4.67. The molecule has 0 spiro atoms. The Morgan fingerprint density at radius 3 is 1.14 bits per heavy atom. The second-order valence-corrected chi connectivity index (χ2v) is 1.34. The summed E-state index contributed by atoms with van der Waals surface area (Å²) >= 11 is 0. The van der Waals surface area contributed by atoms with Crippen LogP contribution >= 0.6 is 0 Å². The zero-order valence-electron chi connectivity index (χ0n) is 2.47. The molecule has 7 heavy (non-hydrogen) atoms. The van der Waals surface area contributed by atoms with Gasteiger partial charge in [0.25, 0.3) is 0 Å². The maximum Gasteiger partial charge on any atom is 0 e. The second-order valence-electron chi connectivity index (χ2n) is 0.448. The van der Waals surface area contributed by atoms with Crippen molar-refractivity contribution in [3.8, 4) is 0 Å². The van der Waals surface area contributed by atoms with Gasteiger partial charge in [0.05, 0.1) is 0 Å². The number of rotatable bonds is 0. The van der Waals surface area contributed by atoms with Gasteiger partial charge in [-0.05, 0) is 0 Å². The van der Waals surface area contributed by atoms with Gasteiger partial charge in [-0.3, -0.25) is 9.11 Å². The van der Waals surface area contributed by atoms with Crippen molar-refractivity contribution in [2.24, 2.45) is 0 Å². The smallest absolute Gasteiger partial charge is 0 e. The summed E-state index contributed by atoms with van der Waals surface area (Å²) in [6, 6.07) is 0. The third kappa shape index (κ3) is 89.8. The van der Waals surface area contributed by atoms with Crippen molar-refractivity contribution in [3.63, 3.8) is 0 Å². The molecule has 0 rings (SSSR count). The quantitative estimate of drug-likeness (QED) is 0.362. The summed E-state index contributed by atoms with van der Waals surface area (Å²) in [5.74, 6) is 0. The van der Waals surface area contributed by atoms with E-state index >= 15 is 0 Å². The van der Waals surface area contributed by atoms with Gasteiger partial charge in [-0.1, -0.05) is 0 Å². The van der Waals surface area contributed by atoms with Gasteiger partial charge in [-0.15, -0.1) is 0 Å². The summed E-state index contributed by atoms with van der Waals surface area (Å²) in [6.45, 7) is 0. The third-order valence-corrected chi connectivity index (χ3v) is 0. The van der Waals surface area contributed by atoms with Crippen molar-refractivity contribution in [3.05, 3.63) is 0 Å². The first-order valence-corrected chi connectivity index (χ1v) is 2.10. The molecular formula is H4CaFeO4S. The predicted molar refractivity (Wildman–Crippen MR) is 22.7 cm³/mol. The first-order valence-electron chi connectivity index (χ1n) is 0.698. The molecule has 7 heteroatoms. The summed E-state index contributed by atoms with van der Waals surface area (Å²) in [5.41, 5.74) is 0. The molecule has 0 radical (unpaired) electrons. The Morgan fingerprint density at radius 1 is 1.14 bits per heavy atom. The summed E-state index contributed by atoms with van der Waals surface area (Å²) in [4.78, 5) is 0. The standard InChI is InChI=1S/Ca.Fe.H2O4S.2H/c;;1-5(2,3)4;;/h;;(H2,1,2,3,4);;. The van der Waals surface area contributed by atoms with Crippen molar-refractivity contribution < 1.29 is 34.6 Å². The largest absolute Gasteiger partial charge is 0 e. The fraction of sp³-hybridized carbons (Fsp3) is 0.